The monoisotopic (exact) mass is 403 g/mol. The average Bonchev–Trinajstić information content (AvgIpc) is 2.68. The lowest BCUT2D eigenvalue weighted by molar-refractivity contribution is 0.00969. The van der Waals surface area contributed by atoms with Crippen molar-refractivity contribution in [3.05, 3.63) is 23.8 Å². The van der Waals surface area contributed by atoms with Crippen molar-refractivity contribution in [2.24, 2.45) is 0 Å². The Kier molecular flexibility index (Phi) is 6.90. The molecular weight excluding hydrogens is 366 g/mol. The summed E-state index contributed by atoms with van der Waals surface area (Å²) in [4.78, 5) is 19.2. The molecule has 0 aliphatic carbocycles. The fourth-order valence-electron chi connectivity index (χ4n) is 4.32. The number of para-hydroxylation sites is 1. The first-order chi connectivity index (χ1) is 13.8. The summed E-state index contributed by atoms with van der Waals surface area (Å²) in [6, 6.07) is 6.69. The van der Waals surface area contributed by atoms with Crippen molar-refractivity contribution in [3.63, 3.8) is 0 Å². The molecule has 0 bridgehead atoms. The van der Waals surface area contributed by atoms with Gasteiger partial charge in [0.25, 0.3) is 0 Å². The van der Waals surface area contributed by atoms with Crippen LogP contribution in [0.15, 0.2) is 18.2 Å². The highest BCUT2D eigenvalue weighted by atomic mass is 16.6. The molecule has 0 unspecified atom stereocenters. The number of benzene rings is 1. The molecule has 0 saturated carbocycles. The zero-order valence-electron chi connectivity index (χ0n) is 18.4. The van der Waals surface area contributed by atoms with Crippen LogP contribution in [0.2, 0.25) is 0 Å². The Hall–Kier alpha value is -1.99. The normalized spacial score (nSPS) is 19.9. The lowest BCUT2D eigenvalue weighted by Crippen LogP contribution is -2.53. The molecule has 0 spiro atoms. The molecule has 1 aromatic rings. The van der Waals surface area contributed by atoms with Crippen LogP contribution in [0.5, 0.6) is 0 Å². The van der Waals surface area contributed by atoms with Crippen LogP contribution in [0, 0.1) is 0 Å². The Labute approximate surface area is 175 Å². The molecule has 2 aliphatic rings. The molecule has 2 heterocycles. The molecule has 0 radical (unpaired) electrons. The van der Waals surface area contributed by atoms with E-state index in [0.29, 0.717) is 6.04 Å². The smallest absolute Gasteiger partial charge is 0.410 e. The minimum Gasteiger partial charge on any atom is -0.444 e. The fourth-order valence-corrected chi connectivity index (χ4v) is 4.32. The van der Waals surface area contributed by atoms with Gasteiger partial charge in [-0.05, 0) is 45.2 Å². The number of hydrogen-bond donors (Lipinski definition) is 2. The number of rotatable bonds is 4. The molecule has 0 aromatic heterocycles. The number of anilines is 2. The van der Waals surface area contributed by atoms with Gasteiger partial charge in [0, 0.05) is 58.9 Å². The molecule has 0 atom stereocenters. The molecule has 162 valence electrons. The molecule has 2 fully saturated rings. The Morgan fingerprint density at radius 3 is 2.38 bits per heavy atom. The van der Waals surface area contributed by atoms with Crippen LogP contribution in [0.1, 0.15) is 39.2 Å². The van der Waals surface area contributed by atoms with E-state index in [1.165, 1.54) is 5.56 Å². The number of likely N-dealkylation sites (tertiary alicyclic amines) is 1. The van der Waals surface area contributed by atoms with Crippen LogP contribution in [0.3, 0.4) is 0 Å². The van der Waals surface area contributed by atoms with Crippen molar-refractivity contribution in [2.45, 2.75) is 51.8 Å². The quantitative estimate of drug-likeness (QED) is 0.753. The summed E-state index contributed by atoms with van der Waals surface area (Å²) in [5, 5.41) is 3.24. The highest BCUT2D eigenvalue weighted by Crippen LogP contribution is 2.25. The Morgan fingerprint density at radius 1 is 1.14 bits per heavy atom. The van der Waals surface area contributed by atoms with Crippen molar-refractivity contribution in [2.75, 3.05) is 57.4 Å². The first-order valence-electron chi connectivity index (χ1n) is 10.8. The maximum absolute atomic E-state index is 12.3. The zero-order chi connectivity index (χ0) is 21.0. The van der Waals surface area contributed by atoms with Gasteiger partial charge < -0.3 is 20.7 Å². The zero-order valence-corrected chi connectivity index (χ0v) is 18.4. The van der Waals surface area contributed by atoms with E-state index in [4.69, 9.17) is 10.5 Å². The van der Waals surface area contributed by atoms with Gasteiger partial charge >= 0.3 is 6.09 Å². The van der Waals surface area contributed by atoms with Gasteiger partial charge in [-0.3, -0.25) is 9.80 Å². The van der Waals surface area contributed by atoms with Gasteiger partial charge in [-0.1, -0.05) is 12.1 Å². The van der Waals surface area contributed by atoms with Gasteiger partial charge in [0.15, 0.2) is 0 Å². The van der Waals surface area contributed by atoms with Crippen LogP contribution in [-0.4, -0.2) is 78.8 Å². The maximum atomic E-state index is 12.3. The van der Waals surface area contributed by atoms with Crippen LogP contribution in [0.4, 0.5) is 16.2 Å². The van der Waals surface area contributed by atoms with Crippen LogP contribution < -0.4 is 11.1 Å². The minimum absolute atomic E-state index is 0.178. The van der Waals surface area contributed by atoms with Gasteiger partial charge in [0.05, 0.1) is 11.4 Å². The van der Waals surface area contributed by atoms with Crippen molar-refractivity contribution >= 4 is 17.5 Å². The van der Waals surface area contributed by atoms with Gasteiger partial charge in [0.2, 0.25) is 0 Å². The molecule has 1 aromatic carbocycles. The first kappa shape index (κ1) is 21.7. The van der Waals surface area contributed by atoms with Crippen LogP contribution in [-0.2, 0) is 11.3 Å². The fraction of sp³-hybridized carbons (Fsp3) is 0.682. The molecule has 7 heteroatoms. The standard InChI is InChI=1S/C22H37N5O2/c1-22(2,3)29-21(28)27-10-8-18(9-11-27)26-14-12-25(13-15-26)16-17-6-5-7-19(23)20(17)24-4/h5-7,18,24H,8-16,23H2,1-4H3. The first-order valence-corrected chi connectivity index (χ1v) is 10.8. The van der Waals surface area contributed by atoms with Gasteiger partial charge in [-0.2, -0.15) is 0 Å². The predicted octanol–water partition coefficient (Wildman–Crippen LogP) is 2.83. The SMILES string of the molecule is CNc1c(N)cccc1CN1CCN(C2CCN(C(=O)OC(C)(C)C)CC2)CC1. The van der Waals surface area contributed by atoms with E-state index in [9.17, 15) is 4.79 Å². The number of nitrogen functional groups attached to an aromatic ring is 1. The van der Waals surface area contributed by atoms with E-state index in [1.807, 2.05) is 44.9 Å². The van der Waals surface area contributed by atoms with Gasteiger partial charge in [-0.15, -0.1) is 0 Å². The highest BCUT2D eigenvalue weighted by molar-refractivity contribution is 5.70. The van der Waals surface area contributed by atoms with E-state index in [1.54, 1.807) is 0 Å². The summed E-state index contributed by atoms with van der Waals surface area (Å²) >= 11 is 0. The summed E-state index contributed by atoms with van der Waals surface area (Å²) in [6.07, 6.45) is 1.87. The Bertz CT molecular complexity index is 687. The molecule has 3 rings (SSSR count). The largest absolute Gasteiger partial charge is 0.444 e. The molecule has 2 aliphatic heterocycles. The van der Waals surface area contributed by atoms with E-state index in [0.717, 1.165) is 70.0 Å². The number of piperidine rings is 1. The molecule has 3 N–H and O–H groups in total. The molecular formula is C22H37N5O2. The van der Waals surface area contributed by atoms with E-state index in [2.05, 4.69) is 21.2 Å². The van der Waals surface area contributed by atoms with E-state index < -0.39 is 5.60 Å². The second-order valence-electron chi connectivity index (χ2n) is 9.14. The van der Waals surface area contributed by atoms with Crippen molar-refractivity contribution in [1.29, 1.82) is 0 Å². The third-order valence-corrected chi connectivity index (χ3v) is 5.87. The number of carbonyl (C=O) groups is 1. The summed E-state index contributed by atoms with van der Waals surface area (Å²) in [7, 11) is 1.93. The number of nitrogens with two attached hydrogens (primary N) is 1. The van der Waals surface area contributed by atoms with E-state index >= 15 is 0 Å². The Balaban J connectivity index is 1.45. The lowest BCUT2D eigenvalue weighted by Gasteiger charge is -2.43. The second-order valence-corrected chi connectivity index (χ2v) is 9.14. The topological polar surface area (TPSA) is 74.1 Å². The van der Waals surface area contributed by atoms with Crippen LogP contribution >= 0.6 is 0 Å². The van der Waals surface area contributed by atoms with Crippen molar-refractivity contribution in [3.8, 4) is 0 Å². The highest BCUT2D eigenvalue weighted by Gasteiger charge is 2.31. The molecule has 29 heavy (non-hydrogen) atoms. The maximum Gasteiger partial charge on any atom is 0.410 e. The summed E-state index contributed by atoms with van der Waals surface area (Å²) in [5.41, 5.74) is 8.77. The molecule has 2 saturated heterocycles. The summed E-state index contributed by atoms with van der Waals surface area (Å²) in [6.45, 7) is 12.5. The second kappa shape index (κ2) is 9.22. The van der Waals surface area contributed by atoms with Gasteiger partial charge in [0.1, 0.15) is 5.60 Å². The van der Waals surface area contributed by atoms with Gasteiger partial charge in [-0.25, -0.2) is 4.79 Å². The third-order valence-electron chi connectivity index (χ3n) is 5.87. The minimum atomic E-state index is -0.430. The predicted molar refractivity (Wildman–Crippen MR) is 118 cm³/mol. The van der Waals surface area contributed by atoms with E-state index in [-0.39, 0.29) is 6.09 Å². The van der Waals surface area contributed by atoms with Crippen LogP contribution in [0.25, 0.3) is 0 Å². The number of ether oxygens (including phenoxy) is 1. The number of amides is 1. The Morgan fingerprint density at radius 2 is 1.79 bits per heavy atom. The number of carbonyl (C=O) groups excluding carboxylic acids is 1. The third kappa shape index (κ3) is 5.76. The number of nitrogens with one attached hydrogen (secondary N) is 1. The lowest BCUT2D eigenvalue weighted by atomic mass is 10.0. The average molecular weight is 404 g/mol. The number of piperazine rings is 1. The molecule has 1 amide bonds. The molecule has 7 nitrogen and oxygen atoms in total. The number of hydrogen-bond acceptors (Lipinski definition) is 6. The van der Waals surface area contributed by atoms with Crippen molar-refractivity contribution in [1.82, 2.24) is 14.7 Å². The summed E-state index contributed by atoms with van der Waals surface area (Å²) in [5.74, 6) is 0. The van der Waals surface area contributed by atoms with Crippen molar-refractivity contribution < 1.29 is 9.53 Å². The number of nitrogens with zero attached hydrogens (tertiary/aromatic N) is 3. The summed E-state index contributed by atoms with van der Waals surface area (Å²) < 4.78 is 5.51.